The molecule has 36 heavy (non-hydrogen) atoms. The second-order valence-corrected chi connectivity index (χ2v) is 9.39. The maximum absolute atomic E-state index is 13.0. The minimum absolute atomic E-state index is 0.0354. The third-order valence-corrected chi connectivity index (χ3v) is 6.87. The second kappa shape index (κ2) is 12.5. The quantitative estimate of drug-likeness (QED) is 0.376. The normalized spacial score (nSPS) is 17.1. The highest BCUT2D eigenvalue weighted by molar-refractivity contribution is 8.03. The van der Waals surface area contributed by atoms with E-state index >= 15 is 0 Å². The summed E-state index contributed by atoms with van der Waals surface area (Å²) in [6, 6.07) is 14.7. The molecule has 1 aliphatic rings. The summed E-state index contributed by atoms with van der Waals surface area (Å²) in [5, 5.41) is 15.9. The van der Waals surface area contributed by atoms with E-state index in [0.29, 0.717) is 24.5 Å². The average molecular weight is 528 g/mol. The number of methoxy groups -OCH3 is 1. The summed E-state index contributed by atoms with van der Waals surface area (Å²) in [5.41, 5.74) is 2.70. The molecular weight excluding hydrogens is 502 g/mol. The number of nitrogens with zero attached hydrogens (tertiary/aromatic N) is 1. The van der Waals surface area contributed by atoms with Crippen molar-refractivity contribution in [2.24, 2.45) is 5.92 Å². The summed E-state index contributed by atoms with van der Waals surface area (Å²) in [7, 11) is 1.18. The molecule has 0 bridgehead atoms. The van der Waals surface area contributed by atoms with Crippen LogP contribution in [0.4, 0.5) is 0 Å². The van der Waals surface area contributed by atoms with Gasteiger partial charge in [-0.25, -0.2) is 0 Å². The van der Waals surface area contributed by atoms with E-state index in [2.05, 4.69) is 16.7 Å². The Balaban J connectivity index is 1.85. The van der Waals surface area contributed by atoms with Crippen LogP contribution in [0.2, 0.25) is 5.02 Å². The van der Waals surface area contributed by atoms with Crippen LogP contribution in [0.1, 0.15) is 29.5 Å². The maximum atomic E-state index is 13.0. The number of nitrogens with one attached hydrogen (secondary N) is 2. The molecule has 2 N–H and O–H groups in total. The lowest BCUT2D eigenvalue weighted by atomic mass is 9.78. The van der Waals surface area contributed by atoms with Gasteiger partial charge in [-0.2, -0.15) is 5.26 Å². The first-order chi connectivity index (χ1) is 17.3. The molecule has 1 heterocycles. The number of thioether (sulfide) groups is 1. The van der Waals surface area contributed by atoms with E-state index in [1.807, 2.05) is 38.1 Å². The number of hydrogen-bond acceptors (Lipinski definition) is 7. The van der Waals surface area contributed by atoms with E-state index in [4.69, 9.17) is 21.1 Å². The molecule has 3 rings (SSSR count). The molecule has 0 aliphatic carbocycles. The lowest BCUT2D eigenvalue weighted by molar-refractivity contribution is -0.150. The third kappa shape index (κ3) is 6.39. The number of ether oxygens (including phenoxy) is 2. The molecule has 0 unspecified atom stereocenters. The van der Waals surface area contributed by atoms with Crippen molar-refractivity contribution in [1.29, 1.82) is 5.26 Å². The molecule has 2 atom stereocenters. The van der Waals surface area contributed by atoms with Crippen LogP contribution in [0.25, 0.3) is 0 Å². The third-order valence-electron chi connectivity index (χ3n) is 5.56. The van der Waals surface area contributed by atoms with Crippen LogP contribution in [0, 0.1) is 24.2 Å². The fourth-order valence-corrected chi connectivity index (χ4v) is 4.88. The first kappa shape index (κ1) is 27.1. The first-order valence-corrected chi connectivity index (χ1v) is 12.6. The summed E-state index contributed by atoms with van der Waals surface area (Å²) in [6.45, 7) is 4.57. The van der Waals surface area contributed by atoms with Crippen molar-refractivity contribution in [2.75, 3.05) is 19.5 Å². The van der Waals surface area contributed by atoms with Gasteiger partial charge in [-0.05, 0) is 37.1 Å². The molecule has 0 spiro atoms. The molecule has 2 aromatic carbocycles. The van der Waals surface area contributed by atoms with Gasteiger partial charge in [0.15, 0.2) is 0 Å². The molecule has 2 amide bonds. The Morgan fingerprint density at radius 3 is 2.56 bits per heavy atom. The van der Waals surface area contributed by atoms with Gasteiger partial charge in [-0.15, -0.1) is 0 Å². The molecule has 188 valence electrons. The van der Waals surface area contributed by atoms with Crippen LogP contribution in [0.5, 0.6) is 5.75 Å². The van der Waals surface area contributed by atoms with Gasteiger partial charge in [-0.3, -0.25) is 14.4 Å². The Morgan fingerprint density at radius 1 is 1.22 bits per heavy atom. The van der Waals surface area contributed by atoms with Crippen molar-refractivity contribution in [3.63, 3.8) is 0 Å². The van der Waals surface area contributed by atoms with Gasteiger partial charge in [0.2, 0.25) is 11.8 Å². The van der Waals surface area contributed by atoms with Gasteiger partial charge in [0.25, 0.3) is 0 Å². The maximum Gasteiger partial charge on any atom is 0.319 e. The fourth-order valence-electron chi connectivity index (χ4n) is 3.76. The molecule has 0 saturated heterocycles. The number of aryl methyl sites for hydroxylation is 1. The highest BCUT2D eigenvalue weighted by Crippen LogP contribution is 2.42. The van der Waals surface area contributed by atoms with Crippen molar-refractivity contribution in [1.82, 2.24) is 10.6 Å². The first-order valence-electron chi connectivity index (χ1n) is 11.2. The summed E-state index contributed by atoms with van der Waals surface area (Å²) < 4.78 is 10.3. The molecule has 0 fully saturated rings. The number of halogens is 1. The fraction of sp³-hybridized carbons (Fsp3) is 0.308. The summed E-state index contributed by atoms with van der Waals surface area (Å²) >= 11 is 7.37. The number of esters is 1. The Hall–Kier alpha value is -3.48. The number of amides is 2. The van der Waals surface area contributed by atoms with Crippen LogP contribution in [0.15, 0.2) is 53.1 Å². The molecule has 8 nitrogen and oxygen atoms in total. The predicted molar refractivity (Wildman–Crippen MR) is 137 cm³/mol. The van der Waals surface area contributed by atoms with Crippen molar-refractivity contribution in [3.05, 3.63) is 74.8 Å². The van der Waals surface area contributed by atoms with Crippen molar-refractivity contribution >= 4 is 41.1 Å². The monoisotopic (exact) mass is 527 g/mol. The predicted octanol–water partition coefficient (Wildman–Crippen LogP) is 3.83. The number of benzene rings is 2. The SMILES string of the molecule is CCOc1ccc([C@@H]2C(C#N)=C(SCC(=O)NCc3ccc(C)cc3)NC(=O)[C@@H]2C(=O)OC)cc1Cl. The largest absolute Gasteiger partial charge is 0.492 e. The lowest BCUT2D eigenvalue weighted by Gasteiger charge is -2.31. The highest BCUT2D eigenvalue weighted by Gasteiger charge is 2.44. The van der Waals surface area contributed by atoms with E-state index in [1.54, 1.807) is 18.2 Å². The van der Waals surface area contributed by atoms with Gasteiger partial charge in [-0.1, -0.05) is 59.3 Å². The minimum Gasteiger partial charge on any atom is -0.492 e. The molecule has 0 aromatic heterocycles. The molecular formula is C26H26ClN3O5S. The van der Waals surface area contributed by atoms with Crippen LogP contribution in [-0.2, 0) is 25.7 Å². The number of carbonyl (C=O) groups is 3. The van der Waals surface area contributed by atoms with Gasteiger partial charge in [0, 0.05) is 12.5 Å². The summed E-state index contributed by atoms with van der Waals surface area (Å²) in [4.78, 5) is 38.0. The minimum atomic E-state index is -1.29. The average Bonchev–Trinajstić information content (AvgIpc) is 2.87. The number of hydrogen-bond donors (Lipinski definition) is 2. The van der Waals surface area contributed by atoms with Gasteiger partial charge in [0.05, 0.1) is 41.2 Å². The van der Waals surface area contributed by atoms with Gasteiger partial charge < -0.3 is 20.1 Å². The van der Waals surface area contributed by atoms with Crippen LogP contribution in [0.3, 0.4) is 0 Å². The van der Waals surface area contributed by atoms with E-state index in [9.17, 15) is 19.6 Å². The van der Waals surface area contributed by atoms with Crippen LogP contribution >= 0.6 is 23.4 Å². The molecule has 0 saturated carbocycles. The second-order valence-electron chi connectivity index (χ2n) is 8.00. The summed E-state index contributed by atoms with van der Waals surface area (Å²) in [5.74, 6) is -3.50. The van der Waals surface area contributed by atoms with E-state index < -0.39 is 23.7 Å². The standard InChI is InChI=1S/C26H26ClN3O5S/c1-4-35-20-10-9-17(11-19(20)27)22-18(12-28)25(30-24(32)23(22)26(33)34-3)36-14-21(31)29-13-16-7-5-15(2)6-8-16/h5-11,22-23H,4,13-14H2,1-3H3,(H,29,31)(H,30,32)/t22-,23-/m1/s1. The zero-order valence-corrected chi connectivity index (χ0v) is 21.7. The summed E-state index contributed by atoms with van der Waals surface area (Å²) in [6.07, 6.45) is 0. The Labute approximate surface area is 219 Å². The Bertz CT molecular complexity index is 1220. The molecule has 10 heteroatoms. The van der Waals surface area contributed by atoms with Crippen LogP contribution in [-0.4, -0.2) is 37.3 Å². The highest BCUT2D eigenvalue weighted by atomic mass is 35.5. The number of rotatable bonds is 9. The molecule has 2 aromatic rings. The van der Waals surface area contributed by atoms with Crippen molar-refractivity contribution < 1.29 is 23.9 Å². The smallest absolute Gasteiger partial charge is 0.319 e. The van der Waals surface area contributed by atoms with Crippen molar-refractivity contribution in [3.8, 4) is 11.8 Å². The van der Waals surface area contributed by atoms with E-state index in [1.165, 1.54) is 7.11 Å². The van der Waals surface area contributed by atoms with E-state index in [0.717, 1.165) is 22.9 Å². The van der Waals surface area contributed by atoms with Gasteiger partial charge >= 0.3 is 5.97 Å². The lowest BCUT2D eigenvalue weighted by Crippen LogP contribution is -2.44. The topological polar surface area (TPSA) is 118 Å². The Kier molecular flexibility index (Phi) is 9.39. The number of nitriles is 1. The zero-order valence-electron chi connectivity index (χ0n) is 20.1. The Morgan fingerprint density at radius 2 is 1.94 bits per heavy atom. The van der Waals surface area contributed by atoms with E-state index in [-0.39, 0.29) is 27.3 Å². The van der Waals surface area contributed by atoms with Gasteiger partial charge in [0.1, 0.15) is 11.7 Å². The molecule has 0 radical (unpaired) electrons. The van der Waals surface area contributed by atoms with Crippen LogP contribution < -0.4 is 15.4 Å². The number of carbonyl (C=O) groups excluding carboxylic acids is 3. The molecule has 1 aliphatic heterocycles. The number of allylic oxidation sites excluding steroid dienone is 1. The van der Waals surface area contributed by atoms with Crippen molar-refractivity contribution in [2.45, 2.75) is 26.3 Å². The zero-order chi connectivity index (χ0) is 26.2.